The van der Waals surface area contributed by atoms with Crippen molar-refractivity contribution < 1.29 is 0 Å². The number of aromatic nitrogens is 2. The molecule has 84 valence electrons. The Bertz CT molecular complexity index is 500. The zero-order valence-corrected chi connectivity index (χ0v) is 10.3. The Morgan fingerprint density at radius 3 is 2.62 bits per heavy atom. The average molecular weight is 256 g/mol. The molecule has 3 nitrogen and oxygen atoms in total. The van der Waals surface area contributed by atoms with Crippen LogP contribution >= 0.6 is 23.2 Å². The molecule has 2 N–H and O–H groups in total. The van der Waals surface area contributed by atoms with Crippen LogP contribution in [0.15, 0.2) is 24.4 Å². The predicted octanol–water partition coefficient (Wildman–Crippen LogP) is 2.95. The second-order valence-corrected chi connectivity index (χ2v) is 4.26. The maximum atomic E-state index is 6.07. The lowest BCUT2D eigenvalue weighted by molar-refractivity contribution is 0.844. The molecule has 0 saturated heterocycles. The van der Waals surface area contributed by atoms with Gasteiger partial charge in [0.2, 0.25) is 0 Å². The molecule has 0 atom stereocenters. The Labute approximate surface area is 104 Å². The highest BCUT2D eigenvalue weighted by molar-refractivity contribution is 6.31. The first-order valence-corrected chi connectivity index (χ1v) is 5.58. The molecule has 2 rings (SSSR count). The van der Waals surface area contributed by atoms with Crippen LogP contribution in [0.4, 0.5) is 0 Å². The number of nitrogens with zero attached hydrogens (tertiary/aromatic N) is 2. The third-order valence-electron chi connectivity index (χ3n) is 2.38. The van der Waals surface area contributed by atoms with E-state index in [1.54, 1.807) is 10.9 Å². The number of rotatable bonds is 2. The number of benzene rings is 1. The lowest BCUT2D eigenvalue weighted by Gasteiger charge is -2.09. The normalized spacial score (nSPS) is 10.8. The van der Waals surface area contributed by atoms with Crippen molar-refractivity contribution in [1.82, 2.24) is 9.78 Å². The fourth-order valence-corrected chi connectivity index (χ4v) is 1.90. The third kappa shape index (κ3) is 1.94. The van der Waals surface area contributed by atoms with E-state index in [9.17, 15) is 0 Å². The fourth-order valence-electron chi connectivity index (χ4n) is 1.53. The van der Waals surface area contributed by atoms with E-state index in [2.05, 4.69) is 5.10 Å². The maximum Gasteiger partial charge on any atom is 0.0819 e. The van der Waals surface area contributed by atoms with Crippen molar-refractivity contribution >= 4 is 23.2 Å². The minimum absolute atomic E-state index is 0.367. The Hall–Kier alpha value is -1.03. The summed E-state index contributed by atoms with van der Waals surface area (Å²) < 4.78 is 1.70. The van der Waals surface area contributed by atoms with Gasteiger partial charge in [-0.1, -0.05) is 29.3 Å². The van der Waals surface area contributed by atoms with Crippen LogP contribution in [0.1, 0.15) is 11.3 Å². The van der Waals surface area contributed by atoms with E-state index in [0.717, 1.165) is 16.9 Å². The van der Waals surface area contributed by atoms with Gasteiger partial charge >= 0.3 is 0 Å². The van der Waals surface area contributed by atoms with Crippen LogP contribution in [0.3, 0.4) is 0 Å². The molecule has 1 aromatic heterocycles. The first kappa shape index (κ1) is 11.5. The van der Waals surface area contributed by atoms with Crippen LogP contribution in [0.5, 0.6) is 0 Å². The Kier molecular flexibility index (Phi) is 3.19. The van der Waals surface area contributed by atoms with E-state index in [4.69, 9.17) is 28.9 Å². The van der Waals surface area contributed by atoms with Crippen LogP contribution in [0, 0.1) is 6.92 Å². The highest BCUT2D eigenvalue weighted by Crippen LogP contribution is 2.24. The van der Waals surface area contributed by atoms with Gasteiger partial charge in [0.15, 0.2) is 0 Å². The molecule has 1 heterocycles. The minimum atomic E-state index is 0.367. The minimum Gasteiger partial charge on any atom is -0.326 e. The third-order valence-corrected chi connectivity index (χ3v) is 3.11. The van der Waals surface area contributed by atoms with Gasteiger partial charge in [-0.15, -0.1) is 0 Å². The van der Waals surface area contributed by atoms with Gasteiger partial charge in [0.05, 0.1) is 16.4 Å². The predicted molar refractivity (Wildman–Crippen MR) is 66.2 cm³/mol. The molecule has 0 radical (unpaired) electrons. The van der Waals surface area contributed by atoms with Crippen LogP contribution in [-0.2, 0) is 6.54 Å². The molecule has 0 fully saturated rings. The van der Waals surface area contributed by atoms with Crippen molar-refractivity contribution in [3.05, 3.63) is 45.7 Å². The van der Waals surface area contributed by atoms with Crippen molar-refractivity contribution in [2.24, 2.45) is 5.73 Å². The van der Waals surface area contributed by atoms with Gasteiger partial charge in [-0.3, -0.25) is 0 Å². The Morgan fingerprint density at radius 1 is 1.31 bits per heavy atom. The van der Waals surface area contributed by atoms with Gasteiger partial charge in [-0.25, -0.2) is 4.68 Å². The second-order valence-electron chi connectivity index (χ2n) is 3.45. The van der Waals surface area contributed by atoms with Crippen LogP contribution in [0.2, 0.25) is 10.0 Å². The Balaban J connectivity index is 2.59. The standard InChI is InChI=1S/C11H11Cl2N3/c1-7-10(13)6-16(15-7)11-4-2-3-9(12)8(11)5-14/h2-4,6H,5,14H2,1H3. The zero-order valence-electron chi connectivity index (χ0n) is 8.74. The molecule has 0 aliphatic rings. The molecule has 0 bridgehead atoms. The van der Waals surface area contributed by atoms with Gasteiger partial charge < -0.3 is 5.73 Å². The molecule has 0 aliphatic carbocycles. The van der Waals surface area contributed by atoms with Crippen molar-refractivity contribution in [1.29, 1.82) is 0 Å². The summed E-state index contributed by atoms with van der Waals surface area (Å²) in [4.78, 5) is 0. The van der Waals surface area contributed by atoms with E-state index in [-0.39, 0.29) is 0 Å². The molecule has 0 saturated carbocycles. The van der Waals surface area contributed by atoms with Crippen LogP contribution in [-0.4, -0.2) is 9.78 Å². The average Bonchev–Trinajstić information content (AvgIpc) is 2.59. The number of halogens is 2. The summed E-state index contributed by atoms with van der Waals surface area (Å²) in [7, 11) is 0. The Morgan fingerprint density at radius 2 is 2.06 bits per heavy atom. The first-order chi connectivity index (χ1) is 7.63. The number of nitrogens with two attached hydrogens (primary N) is 1. The topological polar surface area (TPSA) is 43.8 Å². The summed E-state index contributed by atoms with van der Waals surface area (Å²) in [5.74, 6) is 0. The highest BCUT2D eigenvalue weighted by Gasteiger charge is 2.09. The summed E-state index contributed by atoms with van der Waals surface area (Å²) in [6.45, 7) is 2.22. The lowest BCUT2D eigenvalue weighted by atomic mass is 10.2. The molecule has 0 unspecified atom stereocenters. The molecule has 1 aromatic carbocycles. The van der Waals surface area contributed by atoms with E-state index >= 15 is 0 Å². The SMILES string of the molecule is Cc1nn(-c2cccc(Cl)c2CN)cc1Cl. The number of hydrogen-bond donors (Lipinski definition) is 1. The summed E-state index contributed by atoms with van der Waals surface area (Å²) in [6.07, 6.45) is 1.75. The van der Waals surface area contributed by atoms with Gasteiger partial charge in [-0.05, 0) is 19.1 Å². The van der Waals surface area contributed by atoms with Crippen molar-refractivity contribution in [2.75, 3.05) is 0 Å². The van der Waals surface area contributed by atoms with E-state index in [1.165, 1.54) is 0 Å². The van der Waals surface area contributed by atoms with Gasteiger partial charge in [0.1, 0.15) is 0 Å². The quantitative estimate of drug-likeness (QED) is 0.897. The highest BCUT2D eigenvalue weighted by atomic mass is 35.5. The smallest absolute Gasteiger partial charge is 0.0819 e. The van der Waals surface area contributed by atoms with Gasteiger partial charge in [0, 0.05) is 23.3 Å². The van der Waals surface area contributed by atoms with Crippen molar-refractivity contribution in [3.8, 4) is 5.69 Å². The fraction of sp³-hybridized carbons (Fsp3) is 0.182. The van der Waals surface area contributed by atoms with Crippen LogP contribution < -0.4 is 5.73 Å². The summed E-state index contributed by atoms with van der Waals surface area (Å²) in [6, 6.07) is 5.59. The lowest BCUT2D eigenvalue weighted by Crippen LogP contribution is -2.05. The molecular formula is C11H11Cl2N3. The molecular weight excluding hydrogens is 245 g/mol. The monoisotopic (exact) mass is 255 g/mol. The summed E-state index contributed by atoms with van der Waals surface area (Å²) in [5.41, 5.74) is 8.19. The molecule has 0 amide bonds. The molecule has 0 spiro atoms. The van der Waals surface area contributed by atoms with Crippen molar-refractivity contribution in [3.63, 3.8) is 0 Å². The molecule has 2 aromatic rings. The zero-order chi connectivity index (χ0) is 11.7. The molecule has 16 heavy (non-hydrogen) atoms. The summed E-state index contributed by atoms with van der Waals surface area (Å²) in [5, 5.41) is 5.57. The van der Waals surface area contributed by atoms with Crippen LogP contribution in [0.25, 0.3) is 5.69 Å². The summed E-state index contributed by atoms with van der Waals surface area (Å²) >= 11 is 12.0. The first-order valence-electron chi connectivity index (χ1n) is 4.83. The van der Waals surface area contributed by atoms with E-state index in [1.807, 2.05) is 25.1 Å². The van der Waals surface area contributed by atoms with E-state index < -0.39 is 0 Å². The number of hydrogen-bond acceptors (Lipinski definition) is 2. The van der Waals surface area contributed by atoms with E-state index in [0.29, 0.717) is 16.6 Å². The molecule has 0 aliphatic heterocycles. The molecule has 5 heteroatoms. The largest absolute Gasteiger partial charge is 0.326 e. The van der Waals surface area contributed by atoms with Gasteiger partial charge in [-0.2, -0.15) is 5.10 Å². The number of aryl methyl sites for hydroxylation is 1. The maximum absolute atomic E-state index is 6.07. The van der Waals surface area contributed by atoms with Crippen molar-refractivity contribution in [2.45, 2.75) is 13.5 Å². The van der Waals surface area contributed by atoms with Gasteiger partial charge in [0.25, 0.3) is 0 Å². The second kappa shape index (κ2) is 4.45.